The third-order valence-corrected chi connectivity index (χ3v) is 2.92. The molecule has 0 aliphatic heterocycles. The van der Waals surface area contributed by atoms with E-state index >= 15 is 0 Å². The van der Waals surface area contributed by atoms with Crippen LogP contribution in [0.2, 0.25) is 0 Å². The highest BCUT2D eigenvalue weighted by atomic mass is 16.7. The van der Waals surface area contributed by atoms with Gasteiger partial charge >= 0.3 is 0 Å². The van der Waals surface area contributed by atoms with Crippen molar-refractivity contribution in [1.29, 1.82) is 0 Å². The molecule has 0 bridgehead atoms. The van der Waals surface area contributed by atoms with Crippen LogP contribution in [0.5, 0.6) is 11.5 Å². The molecule has 0 spiro atoms. The van der Waals surface area contributed by atoms with E-state index in [4.69, 9.17) is 18.9 Å². The van der Waals surface area contributed by atoms with E-state index in [1.807, 2.05) is 38.1 Å². The Labute approximate surface area is 128 Å². The molecule has 1 rings (SSSR count). The summed E-state index contributed by atoms with van der Waals surface area (Å²) in [5.74, 6) is 1.72. The summed E-state index contributed by atoms with van der Waals surface area (Å²) in [6.07, 6.45) is 2.75. The third kappa shape index (κ3) is 7.93. The normalized spacial score (nSPS) is 10.9. The molecule has 1 aromatic rings. The van der Waals surface area contributed by atoms with Gasteiger partial charge in [0, 0.05) is 19.6 Å². The average Bonchev–Trinajstić information content (AvgIpc) is 2.49. The van der Waals surface area contributed by atoms with Crippen LogP contribution in [0.25, 0.3) is 0 Å². The number of ether oxygens (including phenoxy) is 4. The van der Waals surface area contributed by atoms with Crippen molar-refractivity contribution in [3.63, 3.8) is 0 Å². The van der Waals surface area contributed by atoms with Crippen LogP contribution in [0, 0.1) is 0 Å². The van der Waals surface area contributed by atoms with Gasteiger partial charge < -0.3 is 18.9 Å². The van der Waals surface area contributed by atoms with Crippen molar-refractivity contribution in [2.75, 3.05) is 26.4 Å². The molecule has 4 nitrogen and oxygen atoms in total. The summed E-state index contributed by atoms with van der Waals surface area (Å²) in [5.41, 5.74) is 0. The summed E-state index contributed by atoms with van der Waals surface area (Å²) in [7, 11) is 0. The van der Waals surface area contributed by atoms with Crippen LogP contribution in [0.3, 0.4) is 0 Å². The van der Waals surface area contributed by atoms with Crippen molar-refractivity contribution in [3.05, 3.63) is 24.3 Å². The topological polar surface area (TPSA) is 36.9 Å². The summed E-state index contributed by atoms with van der Waals surface area (Å²) < 4.78 is 22.3. The van der Waals surface area contributed by atoms with Crippen molar-refractivity contribution < 1.29 is 18.9 Å². The lowest BCUT2D eigenvalue weighted by Gasteiger charge is -2.17. The summed E-state index contributed by atoms with van der Waals surface area (Å²) in [5, 5.41) is 0. The minimum atomic E-state index is -0.184. The van der Waals surface area contributed by atoms with Gasteiger partial charge in [0.05, 0.1) is 13.2 Å². The molecule has 0 saturated carbocycles. The molecule has 0 radical (unpaired) electrons. The minimum absolute atomic E-state index is 0.184. The zero-order valence-corrected chi connectivity index (χ0v) is 13.5. The molecular weight excluding hydrogens is 268 g/mol. The molecule has 0 amide bonds. The lowest BCUT2D eigenvalue weighted by atomic mass is 10.3. The van der Waals surface area contributed by atoms with Gasteiger partial charge in [-0.1, -0.05) is 13.3 Å². The zero-order valence-electron chi connectivity index (χ0n) is 13.5. The molecule has 1 aromatic carbocycles. The van der Waals surface area contributed by atoms with Gasteiger partial charge in [-0.2, -0.15) is 0 Å². The van der Waals surface area contributed by atoms with E-state index in [0.717, 1.165) is 37.4 Å². The van der Waals surface area contributed by atoms with Crippen LogP contribution in [0.1, 0.15) is 40.0 Å². The first-order valence-electron chi connectivity index (χ1n) is 7.89. The van der Waals surface area contributed by atoms with Gasteiger partial charge in [0.2, 0.25) is 0 Å². The largest absolute Gasteiger partial charge is 0.494 e. The van der Waals surface area contributed by atoms with Crippen molar-refractivity contribution >= 4 is 0 Å². The molecule has 0 unspecified atom stereocenters. The lowest BCUT2D eigenvalue weighted by Crippen LogP contribution is -2.20. The van der Waals surface area contributed by atoms with E-state index in [1.165, 1.54) is 0 Å². The maximum Gasteiger partial charge on any atom is 0.160 e. The summed E-state index contributed by atoms with van der Waals surface area (Å²) in [6.45, 7) is 8.71. The van der Waals surface area contributed by atoms with Gasteiger partial charge in [0.1, 0.15) is 11.5 Å². The monoisotopic (exact) mass is 296 g/mol. The molecular formula is C17H28O4. The maximum atomic E-state index is 5.69. The first-order valence-corrected chi connectivity index (χ1v) is 7.89. The van der Waals surface area contributed by atoms with Crippen LogP contribution in [0.15, 0.2) is 24.3 Å². The molecule has 0 heterocycles. The molecule has 4 heteroatoms. The highest BCUT2D eigenvalue weighted by Crippen LogP contribution is 2.18. The fourth-order valence-corrected chi connectivity index (χ4v) is 1.83. The standard InChI is InChI=1S/C17H28O4/c1-4-7-13-20-15-8-10-16(11-9-15)21-14-12-17(18-5-2)19-6-3/h8-11,17H,4-7,12-14H2,1-3H3. The molecule has 0 aromatic heterocycles. The van der Waals surface area contributed by atoms with E-state index in [-0.39, 0.29) is 6.29 Å². The fourth-order valence-electron chi connectivity index (χ4n) is 1.83. The Morgan fingerprint density at radius 2 is 1.33 bits per heavy atom. The highest BCUT2D eigenvalue weighted by molar-refractivity contribution is 5.31. The van der Waals surface area contributed by atoms with E-state index in [0.29, 0.717) is 19.8 Å². The second-order valence-corrected chi connectivity index (χ2v) is 4.65. The lowest BCUT2D eigenvalue weighted by molar-refractivity contribution is -0.142. The van der Waals surface area contributed by atoms with Crippen LogP contribution in [-0.4, -0.2) is 32.7 Å². The Hall–Kier alpha value is -1.26. The molecule has 0 fully saturated rings. The van der Waals surface area contributed by atoms with Gasteiger partial charge in [-0.25, -0.2) is 0 Å². The van der Waals surface area contributed by atoms with E-state index in [9.17, 15) is 0 Å². The van der Waals surface area contributed by atoms with Crippen LogP contribution in [-0.2, 0) is 9.47 Å². The minimum Gasteiger partial charge on any atom is -0.494 e. The molecule has 0 saturated heterocycles. The van der Waals surface area contributed by atoms with Crippen LogP contribution < -0.4 is 9.47 Å². The molecule has 0 atom stereocenters. The van der Waals surface area contributed by atoms with E-state index < -0.39 is 0 Å². The third-order valence-electron chi connectivity index (χ3n) is 2.92. The van der Waals surface area contributed by atoms with Crippen molar-refractivity contribution in [2.45, 2.75) is 46.3 Å². The first kappa shape index (κ1) is 17.8. The van der Waals surface area contributed by atoms with E-state index in [2.05, 4.69) is 6.92 Å². The maximum absolute atomic E-state index is 5.69. The Morgan fingerprint density at radius 1 is 0.810 bits per heavy atom. The summed E-state index contributed by atoms with van der Waals surface area (Å²) in [6, 6.07) is 7.73. The number of hydrogen-bond donors (Lipinski definition) is 0. The van der Waals surface area contributed by atoms with Crippen LogP contribution in [0.4, 0.5) is 0 Å². The van der Waals surface area contributed by atoms with Crippen LogP contribution >= 0.6 is 0 Å². The number of rotatable bonds is 12. The Bertz CT molecular complexity index is 344. The predicted octanol–water partition coefficient (Wildman–Crippen LogP) is 4.03. The van der Waals surface area contributed by atoms with Crippen molar-refractivity contribution in [3.8, 4) is 11.5 Å². The highest BCUT2D eigenvalue weighted by Gasteiger charge is 2.07. The SMILES string of the molecule is CCCCOc1ccc(OCCC(OCC)OCC)cc1. The zero-order chi connectivity index (χ0) is 15.3. The molecule has 0 aliphatic carbocycles. The smallest absolute Gasteiger partial charge is 0.160 e. The number of unbranched alkanes of at least 4 members (excludes halogenated alkanes) is 1. The van der Waals surface area contributed by atoms with Gasteiger partial charge in [-0.3, -0.25) is 0 Å². The van der Waals surface area contributed by atoms with Gasteiger partial charge in [0.25, 0.3) is 0 Å². The summed E-state index contributed by atoms with van der Waals surface area (Å²) >= 11 is 0. The Kier molecular flexibility index (Phi) is 9.66. The summed E-state index contributed by atoms with van der Waals surface area (Å²) in [4.78, 5) is 0. The van der Waals surface area contributed by atoms with Gasteiger partial charge in [0.15, 0.2) is 6.29 Å². The Balaban J connectivity index is 2.28. The van der Waals surface area contributed by atoms with Crippen molar-refractivity contribution in [2.24, 2.45) is 0 Å². The second kappa shape index (κ2) is 11.4. The van der Waals surface area contributed by atoms with Gasteiger partial charge in [-0.15, -0.1) is 0 Å². The molecule has 21 heavy (non-hydrogen) atoms. The predicted molar refractivity (Wildman–Crippen MR) is 84.0 cm³/mol. The molecule has 0 aliphatic rings. The molecule has 0 N–H and O–H groups in total. The average molecular weight is 296 g/mol. The van der Waals surface area contributed by atoms with Crippen molar-refractivity contribution in [1.82, 2.24) is 0 Å². The fraction of sp³-hybridized carbons (Fsp3) is 0.647. The van der Waals surface area contributed by atoms with E-state index in [1.54, 1.807) is 0 Å². The number of hydrogen-bond acceptors (Lipinski definition) is 4. The quantitative estimate of drug-likeness (QED) is 0.431. The number of benzene rings is 1. The first-order chi connectivity index (χ1) is 10.3. The second-order valence-electron chi connectivity index (χ2n) is 4.65. The van der Waals surface area contributed by atoms with Gasteiger partial charge in [-0.05, 0) is 44.5 Å². The Morgan fingerprint density at radius 3 is 1.81 bits per heavy atom. The molecule has 120 valence electrons.